The number of aliphatic carboxylic acids is 1. The van der Waals surface area contributed by atoms with Gasteiger partial charge in [-0.05, 0) is 66.2 Å². The number of carbonyl (C=O) groups is 3. The van der Waals surface area contributed by atoms with Gasteiger partial charge in [0.15, 0.2) is 11.0 Å². The van der Waals surface area contributed by atoms with Gasteiger partial charge in [0, 0.05) is 13.1 Å². The number of carboxylic acid groups (broad SMARTS) is 1. The molecular formula is C20H41N9O7. The minimum absolute atomic E-state index is 0.0295. The summed E-state index contributed by atoms with van der Waals surface area (Å²) in [5.74, 6) is -1.35. The number of nitrogens with two attached hydrogens (primary N) is 4. The second-order valence-corrected chi connectivity index (χ2v) is 8.70. The van der Waals surface area contributed by atoms with Crippen molar-refractivity contribution in [2.24, 2.45) is 33.0 Å². The van der Waals surface area contributed by atoms with Crippen LogP contribution in [0.4, 0.5) is 4.79 Å². The molecule has 2 atom stereocenters. The molecule has 0 heterocycles. The van der Waals surface area contributed by atoms with Crippen LogP contribution in [0.3, 0.4) is 0 Å². The van der Waals surface area contributed by atoms with E-state index in [-0.39, 0.29) is 30.2 Å². The maximum absolute atomic E-state index is 11.5. The van der Waals surface area contributed by atoms with E-state index in [1.165, 1.54) is 6.92 Å². The Bertz CT molecular complexity index is 763. The van der Waals surface area contributed by atoms with Gasteiger partial charge in [0.05, 0.1) is 6.04 Å². The molecule has 0 fully saturated rings. The average molecular weight is 520 g/mol. The third kappa shape index (κ3) is 23.5. The molecule has 0 spiro atoms. The molecule has 0 aliphatic rings. The average Bonchev–Trinajstić information content (AvgIpc) is 2.70. The molecule has 16 heteroatoms. The van der Waals surface area contributed by atoms with Gasteiger partial charge >= 0.3 is 12.1 Å². The van der Waals surface area contributed by atoms with Gasteiger partial charge < -0.3 is 43.4 Å². The lowest BCUT2D eigenvalue weighted by Gasteiger charge is -2.22. The van der Waals surface area contributed by atoms with E-state index in [1.54, 1.807) is 20.8 Å². The molecule has 11 N–H and O–H groups in total. The molecule has 16 nitrogen and oxygen atoms in total. The predicted octanol–water partition coefficient (Wildman–Crippen LogP) is -0.423. The van der Waals surface area contributed by atoms with Gasteiger partial charge in [-0.2, -0.15) is 0 Å². The molecule has 208 valence electrons. The lowest BCUT2D eigenvalue weighted by Crippen LogP contribution is -2.43. The summed E-state index contributed by atoms with van der Waals surface area (Å²) in [6.07, 6.45) is 2.76. The monoisotopic (exact) mass is 519 g/mol. The summed E-state index contributed by atoms with van der Waals surface area (Å²) in [5, 5.41) is 25.8. The molecule has 0 aliphatic heterocycles. The van der Waals surface area contributed by atoms with E-state index in [0.717, 1.165) is 12.8 Å². The minimum Gasteiger partial charge on any atom is -0.480 e. The van der Waals surface area contributed by atoms with Crippen LogP contribution in [0.5, 0.6) is 0 Å². The van der Waals surface area contributed by atoms with Crippen LogP contribution in [0.2, 0.25) is 0 Å². The van der Waals surface area contributed by atoms with E-state index in [0.29, 0.717) is 32.4 Å². The molecule has 0 aromatic carbocycles. The van der Waals surface area contributed by atoms with Crippen LogP contribution in [0.25, 0.3) is 0 Å². The van der Waals surface area contributed by atoms with Crippen molar-refractivity contribution in [1.29, 1.82) is 0 Å². The number of carboxylic acids is 1. The summed E-state index contributed by atoms with van der Waals surface area (Å²) < 4.78 is 4.99. The zero-order chi connectivity index (χ0) is 28.3. The molecule has 0 aromatic heterocycles. The summed E-state index contributed by atoms with van der Waals surface area (Å²) in [7, 11) is 0. The Balaban J connectivity index is 0. The number of Topliss-reactive ketones (excluding diaryl/α,β-unsaturated/α-hetero) is 1. The Morgan fingerprint density at radius 3 is 2.14 bits per heavy atom. The highest BCUT2D eigenvalue weighted by atomic mass is 16.7. The van der Waals surface area contributed by atoms with Crippen LogP contribution in [0.1, 0.15) is 66.2 Å². The van der Waals surface area contributed by atoms with Crippen LogP contribution >= 0.6 is 0 Å². The molecule has 0 bridgehead atoms. The van der Waals surface area contributed by atoms with E-state index in [9.17, 15) is 24.5 Å². The molecule has 36 heavy (non-hydrogen) atoms. The van der Waals surface area contributed by atoms with Crippen molar-refractivity contribution < 1.29 is 29.3 Å². The molecule has 0 saturated heterocycles. The molecule has 0 saturated carbocycles. The first kappa shape index (κ1) is 34.5. The van der Waals surface area contributed by atoms with Gasteiger partial charge in [-0.25, -0.2) is 19.7 Å². The number of nitrogens with zero attached hydrogens (tertiary/aromatic N) is 3. The first-order chi connectivity index (χ1) is 16.5. The number of ketones is 1. The summed E-state index contributed by atoms with van der Waals surface area (Å²) in [6.45, 7) is 7.41. The van der Waals surface area contributed by atoms with Gasteiger partial charge in [0.2, 0.25) is 0 Å². The number of hydrazone groups is 1. The van der Waals surface area contributed by atoms with Crippen LogP contribution in [0.15, 0.2) is 10.1 Å². The summed E-state index contributed by atoms with van der Waals surface area (Å²) in [5.41, 5.74) is 20.3. The normalized spacial score (nSPS) is 12.8. The minimum atomic E-state index is -1.17. The highest BCUT2D eigenvalue weighted by molar-refractivity contribution is 5.81. The summed E-state index contributed by atoms with van der Waals surface area (Å²) >= 11 is 0. The Morgan fingerprint density at radius 2 is 1.67 bits per heavy atom. The third-order valence-corrected chi connectivity index (χ3v) is 4.14. The van der Waals surface area contributed by atoms with Crippen molar-refractivity contribution in [1.82, 2.24) is 10.6 Å². The number of guanidine groups is 2. The van der Waals surface area contributed by atoms with Gasteiger partial charge in [-0.15, -0.1) is 0 Å². The second-order valence-electron chi connectivity index (χ2n) is 8.70. The van der Waals surface area contributed by atoms with Crippen LogP contribution in [0, 0.1) is 10.1 Å². The van der Waals surface area contributed by atoms with Crippen molar-refractivity contribution in [2.45, 2.75) is 83.9 Å². The molecule has 0 aromatic rings. The SMILES string of the molecule is CC(=O)C(N)CCCCN=C(N)N.CC(C)(C)OC(=O)NC(CCCCN/C(N)=N/[N+](=O)[O-])C(=O)O. The fraction of sp³-hybridized carbons (Fsp3) is 0.750. The number of alkyl carbamates (subject to hydrolysis) is 1. The number of carbonyl (C=O) groups excluding carboxylic acids is 2. The van der Waals surface area contributed by atoms with Gasteiger partial charge in [-0.1, -0.05) is 0 Å². The first-order valence-corrected chi connectivity index (χ1v) is 11.3. The van der Waals surface area contributed by atoms with Crippen molar-refractivity contribution >= 4 is 29.8 Å². The summed E-state index contributed by atoms with van der Waals surface area (Å²) in [4.78, 5) is 47.2. The topological polar surface area (TPSA) is 277 Å². The van der Waals surface area contributed by atoms with E-state index in [1.807, 2.05) is 0 Å². The Labute approximate surface area is 210 Å². The van der Waals surface area contributed by atoms with Crippen molar-refractivity contribution in [3.05, 3.63) is 10.1 Å². The maximum Gasteiger partial charge on any atom is 0.408 e. The van der Waals surface area contributed by atoms with Gasteiger partial charge in [0.1, 0.15) is 22.5 Å². The number of unbranched alkanes of at least 4 members (excludes halogenated alkanes) is 2. The maximum atomic E-state index is 11.5. The number of amides is 1. The van der Waals surface area contributed by atoms with Crippen LogP contribution < -0.4 is 33.6 Å². The number of nitrogens with one attached hydrogen (secondary N) is 2. The van der Waals surface area contributed by atoms with E-state index in [2.05, 4.69) is 20.7 Å². The number of ether oxygens (including phenoxy) is 1. The molecule has 0 aliphatic carbocycles. The molecule has 1 amide bonds. The largest absolute Gasteiger partial charge is 0.480 e. The summed E-state index contributed by atoms with van der Waals surface area (Å²) in [6, 6.07) is -1.41. The van der Waals surface area contributed by atoms with Crippen LogP contribution in [-0.2, 0) is 14.3 Å². The number of hydrogen-bond acceptors (Lipinski definition) is 8. The fourth-order valence-corrected chi connectivity index (χ4v) is 2.41. The number of rotatable bonds is 14. The second kappa shape index (κ2) is 18.6. The molecular weight excluding hydrogens is 478 g/mol. The van der Waals surface area contributed by atoms with Crippen molar-refractivity contribution in [2.75, 3.05) is 13.1 Å². The highest BCUT2D eigenvalue weighted by Gasteiger charge is 2.23. The van der Waals surface area contributed by atoms with E-state index < -0.39 is 28.7 Å². The smallest absolute Gasteiger partial charge is 0.408 e. The Hall–Kier alpha value is -3.69. The predicted molar refractivity (Wildman–Crippen MR) is 134 cm³/mol. The van der Waals surface area contributed by atoms with Crippen molar-refractivity contribution in [3.63, 3.8) is 0 Å². The zero-order valence-electron chi connectivity index (χ0n) is 21.4. The van der Waals surface area contributed by atoms with E-state index >= 15 is 0 Å². The number of hydrogen-bond donors (Lipinski definition) is 7. The van der Waals surface area contributed by atoms with Gasteiger partial charge in [0.25, 0.3) is 5.96 Å². The Kier molecular flexibility index (Phi) is 17.8. The lowest BCUT2D eigenvalue weighted by molar-refractivity contribution is -0.485. The Morgan fingerprint density at radius 1 is 1.08 bits per heavy atom. The molecule has 2 unspecified atom stereocenters. The highest BCUT2D eigenvalue weighted by Crippen LogP contribution is 2.08. The standard InChI is InChI=1S/C12H23N5O6.C8H18N4O/c1-12(2,3)23-11(20)15-8(9(18)19)6-4-5-7-14-10(13)16-17(21)22;1-6(13)7(9)4-2-3-5-12-8(10)11/h8H,4-7H2,1-3H3,(H,15,20)(H,18,19)(H3,13,14,16);7H,2-5,9H2,1H3,(H4,10,11,12). The van der Waals surface area contributed by atoms with E-state index in [4.69, 9.17) is 32.8 Å². The van der Waals surface area contributed by atoms with Crippen LogP contribution in [-0.4, -0.2) is 70.7 Å². The quantitative estimate of drug-likeness (QED) is 0.0506. The van der Waals surface area contributed by atoms with Crippen molar-refractivity contribution in [3.8, 4) is 0 Å². The number of aliphatic imine (C=N–C) groups is 1. The lowest BCUT2D eigenvalue weighted by atomic mass is 10.1. The zero-order valence-corrected chi connectivity index (χ0v) is 21.4. The third-order valence-electron chi connectivity index (χ3n) is 4.14. The fourth-order valence-electron chi connectivity index (χ4n) is 2.41. The molecule has 0 rings (SSSR count). The number of nitro groups is 1. The first-order valence-electron chi connectivity index (χ1n) is 11.3. The van der Waals surface area contributed by atoms with Gasteiger partial charge in [-0.3, -0.25) is 9.79 Å². The molecule has 0 radical (unpaired) electrons.